The van der Waals surface area contributed by atoms with Crippen molar-refractivity contribution in [3.8, 4) is 5.75 Å². The Kier molecular flexibility index (Phi) is 6.14. The summed E-state index contributed by atoms with van der Waals surface area (Å²) in [5.74, 6) is 0.740. The minimum Gasteiger partial charge on any atom is -0.491 e. The molecule has 0 aliphatic carbocycles. The highest BCUT2D eigenvalue weighted by Crippen LogP contribution is 2.21. The van der Waals surface area contributed by atoms with Crippen LogP contribution in [-0.4, -0.2) is 30.3 Å². The van der Waals surface area contributed by atoms with Gasteiger partial charge >= 0.3 is 0 Å². The number of rotatable bonds is 8. The maximum atomic E-state index is 12.4. The lowest BCUT2D eigenvalue weighted by atomic mass is 10.1. The van der Waals surface area contributed by atoms with Crippen LogP contribution in [0, 0.1) is 0 Å². The molecule has 1 amide bonds. The van der Waals surface area contributed by atoms with Gasteiger partial charge in [0.1, 0.15) is 5.75 Å². The number of carbonyl (C=O) groups excluding carboxylic acids is 1. The van der Waals surface area contributed by atoms with Crippen molar-refractivity contribution in [3.05, 3.63) is 60.3 Å². The topological polar surface area (TPSA) is 52.5 Å². The molecule has 0 saturated heterocycles. The molecule has 142 valence electrons. The molecule has 2 aromatic carbocycles. The van der Waals surface area contributed by atoms with Gasteiger partial charge in [-0.3, -0.25) is 4.79 Å². The van der Waals surface area contributed by atoms with E-state index in [0.717, 1.165) is 34.4 Å². The minimum absolute atomic E-state index is 0.0464. The standard InChI is InChI=1S/C22H26N2O3/c1-16(2)27-20-6-4-5-17(13-20)14-22(25)23-19-7-8-21-18(15-19)9-10-24(21)11-12-26-3/h4-10,13,15-16H,11-12,14H2,1-3H3,(H,23,25). The summed E-state index contributed by atoms with van der Waals surface area (Å²) in [5.41, 5.74) is 2.85. The number of methoxy groups -OCH3 is 1. The van der Waals surface area contributed by atoms with E-state index in [1.165, 1.54) is 0 Å². The first-order valence-corrected chi connectivity index (χ1v) is 9.18. The molecule has 5 heteroatoms. The fourth-order valence-electron chi connectivity index (χ4n) is 3.05. The fraction of sp³-hybridized carbons (Fsp3) is 0.318. The molecule has 0 radical (unpaired) electrons. The van der Waals surface area contributed by atoms with Gasteiger partial charge in [0.15, 0.2) is 0 Å². The maximum Gasteiger partial charge on any atom is 0.228 e. The second-order valence-electron chi connectivity index (χ2n) is 6.81. The molecule has 0 bridgehead atoms. The quantitative estimate of drug-likeness (QED) is 0.648. The molecular formula is C22H26N2O3. The number of aromatic nitrogens is 1. The van der Waals surface area contributed by atoms with Gasteiger partial charge in [0, 0.05) is 36.4 Å². The van der Waals surface area contributed by atoms with Crippen LogP contribution in [0.25, 0.3) is 10.9 Å². The third-order valence-corrected chi connectivity index (χ3v) is 4.23. The van der Waals surface area contributed by atoms with Crippen LogP contribution in [0.5, 0.6) is 5.75 Å². The summed E-state index contributed by atoms with van der Waals surface area (Å²) in [4.78, 5) is 12.4. The number of anilines is 1. The van der Waals surface area contributed by atoms with Gasteiger partial charge in [-0.15, -0.1) is 0 Å². The van der Waals surface area contributed by atoms with Crippen LogP contribution < -0.4 is 10.1 Å². The first-order valence-electron chi connectivity index (χ1n) is 9.18. The van der Waals surface area contributed by atoms with E-state index in [9.17, 15) is 4.79 Å². The van der Waals surface area contributed by atoms with E-state index in [1.54, 1.807) is 7.11 Å². The molecule has 0 unspecified atom stereocenters. The van der Waals surface area contributed by atoms with Crippen molar-refractivity contribution in [1.29, 1.82) is 0 Å². The van der Waals surface area contributed by atoms with E-state index >= 15 is 0 Å². The maximum absolute atomic E-state index is 12.4. The van der Waals surface area contributed by atoms with Crippen LogP contribution in [0.1, 0.15) is 19.4 Å². The zero-order chi connectivity index (χ0) is 19.2. The monoisotopic (exact) mass is 366 g/mol. The van der Waals surface area contributed by atoms with Crippen molar-refractivity contribution in [2.45, 2.75) is 32.9 Å². The van der Waals surface area contributed by atoms with E-state index in [0.29, 0.717) is 13.0 Å². The van der Waals surface area contributed by atoms with Gasteiger partial charge in [-0.05, 0) is 55.8 Å². The van der Waals surface area contributed by atoms with Crippen LogP contribution in [-0.2, 0) is 22.5 Å². The number of hydrogen-bond acceptors (Lipinski definition) is 3. The summed E-state index contributed by atoms with van der Waals surface area (Å²) in [6.45, 7) is 5.44. The Balaban J connectivity index is 1.65. The van der Waals surface area contributed by atoms with Crippen LogP contribution in [0.15, 0.2) is 54.7 Å². The zero-order valence-corrected chi connectivity index (χ0v) is 16.1. The summed E-state index contributed by atoms with van der Waals surface area (Å²) in [6.07, 6.45) is 2.45. The first-order chi connectivity index (χ1) is 13.0. The highest BCUT2D eigenvalue weighted by Gasteiger charge is 2.08. The van der Waals surface area contributed by atoms with Gasteiger partial charge in [-0.25, -0.2) is 0 Å². The van der Waals surface area contributed by atoms with Gasteiger partial charge in [0.2, 0.25) is 5.91 Å². The largest absolute Gasteiger partial charge is 0.491 e. The highest BCUT2D eigenvalue weighted by atomic mass is 16.5. The molecule has 1 heterocycles. The van der Waals surface area contributed by atoms with Gasteiger partial charge < -0.3 is 19.4 Å². The summed E-state index contributed by atoms with van der Waals surface area (Å²) >= 11 is 0. The number of nitrogens with zero attached hydrogens (tertiary/aromatic N) is 1. The molecule has 0 spiro atoms. The lowest BCUT2D eigenvalue weighted by Gasteiger charge is -2.11. The SMILES string of the molecule is COCCn1ccc2cc(NC(=O)Cc3cccc(OC(C)C)c3)ccc21. The third-order valence-electron chi connectivity index (χ3n) is 4.23. The van der Waals surface area contributed by atoms with Crippen LogP contribution in [0.4, 0.5) is 5.69 Å². The Labute approximate surface area is 159 Å². The predicted molar refractivity (Wildman–Crippen MR) is 108 cm³/mol. The molecule has 0 atom stereocenters. The molecule has 5 nitrogen and oxygen atoms in total. The van der Waals surface area contributed by atoms with Gasteiger partial charge in [0.25, 0.3) is 0 Å². The molecule has 1 aromatic heterocycles. The Morgan fingerprint density at radius 2 is 2.00 bits per heavy atom. The van der Waals surface area contributed by atoms with E-state index in [2.05, 4.69) is 9.88 Å². The lowest BCUT2D eigenvalue weighted by molar-refractivity contribution is -0.115. The fourth-order valence-corrected chi connectivity index (χ4v) is 3.05. The zero-order valence-electron chi connectivity index (χ0n) is 16.1. The summed E-state index contributed by atoms with van der Waals surface area (Å²) in [7, 11) is 1.70. The van der Waals surface area contributed by atoms with E-state index in [1.807, 2.05) is 68.6 Å². The number of ether oxygens (including phenoxy) is 2. The van der Waals surface area contributed by atoms with Crippen molar-refractivity contribution in [3.63, 3.8) is 0 Å². The van der Waals surface area contributed by atoms with E-state index in [-0.39, 0.29) is 12.0 Å². The molecule has 0 aliphatic heterocycles. The van der Waals surface area contributed by atoms with E-state index < -0.39 is 0 Å². The number of amides is 1. The van der Waals surface area contributed by atoms with Crippen LogP contribution in [0.3, 0.4) is 0 Å². The van der Waals surface area contributed by atoms with E-state index in [4.69, 9.17) is 9.47 Å². The smallest absolute Gasteiger partial charge is 0.228 e. The number of hydrogen-bond donors (Lipinski definition) is 1. The Hall–Kier alpha value is -2.79. The second kappa shape index (κ2) is 8.73. The number of benzene rings is 2. The number of nitrogens with one attached hydrogen (secondary N) is 1. The van der Waals surface area contributed by atoms with Gasteiger partial charge in [-0.1, -0.05) is 12.1 Å². The molecular weight excluding hydrogens is 340 g/mol. The van der Waals surface area contributed by atoms with Gasteiger partial charge in [-0.2, -0.15) is 0 Å². The normalized spacial score (nSPS) is 11.1. The lowest BCUT2D eigenvalue weighted by Crippen LogP contribution is -2.14. The average Bonchev–Trinajstić information content (AvgIpc) is 3.01. The average molecular weight is 366 g/mol. The predicted octanol–water partition coefficient (Wildman–Crippen LogP) is 4.26. The molecule has 0 fully saturated rings. The molecule has 3 aromatic rings. The number of fused-ring (bicyclic) bond motifs is 1. The molecule has 27 heavy (non-hydrogen) atoms. The highest BCUT2D eigenvalue weighted by molar-refractivity contribution is 5.95. The summed E-state index contributed by atoms with van der Waals surface area (Å²) in [6, 6.07) is 15.7. The van der Waals surface area contributed by atoms with Crippen LogP contribution in [0.2, 0.25) is 0 Å². The van der Waals surface area contributed by atoms with Crippen molar-refractivity contribution in [1.82, 2.24) is 4.57 Å². The molecule has 0 aliphatic rings. The van der Waals surface area contributed by atoms with Crippen LogP contribution >= 0.6 is 0 Å². The van der Waals surface area contributed by atoms with Gasteiger partial charge in [0.05, 0.1) is 19.1 Å². The first kappa shape index (κ1) is 19.0. The molecule has 1 N–H and O–H groups in total. The molecule has 0 saturated carbocycles. The number of carbonyl (C=O) groups is 1. The summed E-state index contributed by atoms with van der Waals surface area (Å²) in [5, 5.41) is 4.08. The Bertz CT molecular complexity index is 915. The summed E-state index contributed by atoms with van der Waals surface area (Å²) < 4.78 is 13.0. The van der Waals surface area contributed by atoms with Crippen molar-refractivity contribution in [2.75, 3.05) is 19.0 Å². The molecule has 3 rings (SSSR count). The van der Waals surface area contributed by atoms with Crippen molar-refractivity contribution < 1.29 is 14.3 Å². The van der Waals surface area contributed by atoms with Crippen molar-refractivity contribution >= 4 is 22.5 Å². The Morgan fingerprint density at radius 1 is 1.15 bits per heavy atom. The van der Waals surface area contributed by atoms with Crippen molar-refractivity contribution in [2.24, 2.45) is 0 Å². The minimum atomic E-state index is -0.0464. The Morgan fingerprint density at radius 3 is 2.78 bits per heavy atom. The second-order valence-corrected chi connectivity index (χ2v) is 6.81. The third kappa shape index (κ3) is 5.11.